The van der Waals surface area contributed by atoms with E-state index in [0.29, 0.717) is 18.2 Å². The highest BCUT2D eigenvalue weighted by atomic mass is 32.2. The molecule has 1 N–H and O–H groups in total. The summed E-state index contributed by atoms with van der Waals surface area (Å²) in [6.45, 7) is 3.54. The van der Waals surface area contributed by atoms with Crippen LogP contribution in [0.2, 0.25) is 0 Å². The number of nitrogens with zero attached hydrogens (tertiary/aromatic N) is 1. The fraction of sp³-hybridized carbons (Fsp3) is 0.700. The van der Waals surface area contributed by atoms with Gasteiger partial charge in [-0.1, -0.05) is 11.8 Å². The first-order valence-electron chi connectivity index (χ1n) is 5.27. The highest BCUT2D eigenvalue weighted by Crippen LogP contribution is 2.16. The molecule has 1 aliphatic heterocycles. The van der Waals surface area contributed by atoms with Crippen LogP contribution in [0.5, 0.6) is 0 Å². The summed E-state index contributed by atoms with van der Waals surface area (Å²) in [6.07, 6.45) is 0. The highest BCUT2D eigenvalue weighted by Gasteiger charge is 2.27. The molecule has 0 aromatic rings. The molecule has 2 amide bonds. The molecule has 0 aromatic carbocycles. The second-order valence-corrected chi connectivity index (χ2v) is 5.97. The summed E-state index contributed by atoms with van der Waals surface area (Å²) >= 11 is 2.75. The molecule has 1 atom stereocenters. The van der Waals surface area contributed by atoms with Crippen molar-refractivity contribution in [2.75, 3.05) is 23.9 Å². The van der Waals surface area contributed by atoms with E-state index in [9.17, 15) is 14.4 Å². The van der Waals surface area contributed by atoms with Crippen LogP contribution in [0, 0.1) is 0 Å². The van der Waals surface area contributed by atoms with Crippen LogP contribution in [0.25, 0.3) is 0 Å². The lowest BCUT2D eigenvalue weighted by Gasteiger charge is -2.22. The molecule has 96 valence electrons. The van der Waals surface area contributed by atoms with Crippen LogP contribution in [-0.2, 0) is 14.4 Å². The van der Waals surface area contributed by atoms with Crippen LogP contribution in [0.4, 0.5) is 0 Å². The SMILES string of the molecule is CC(=O)N[C@@H](CSC(C)=O)C(=O)N1CCSC1. The topological polar surface area (TPSA) is 66.5 Å². The quantitative estimate of drug-likeness (QED) is 0.800. The van der Waals surface area contributed by atoms with E-state index in [1.54, 1.807) is 16.7 Å². The van der Waals surface area contributed by atoms with Crippen LogP contribution in [-0.4, -0.2) is 51.8 Å². The van der Waals surface area contributed by atoms with Crippen molar-refractivity contribution in [3.63, 3.8) is 0 Å². The third kappa shape index (κ3) is 4.99. The number of carbonyl (C=O) groups is 3. The van der Waals surface area contributed by atoms with Gasteiger partial charge in [0.2, 0.25) is 11.8 Å². The molecule has 7 heteroatoms. The molecule has 1 rings (SSSR count). The first-order chi connectivity index (χ1) is 8.00. The lowest BCUT2D eigenvalue weighted by Crippen LogP contribution is -2.48. The summed E-state index contributed by atoms with van der Waals surface area (Å²) in [5.41, 5.74) is 0. The molecule has 1 heterocycles. The molecule has 5 nitrogen and oxygen atoms in total. The van der Waals surface area contributed by atoms with E-state index in [2.05, 4.69) is 5.32 Å². The van der Waals surface area contributed by atoms with Crippen molar-refractivity contribution in [3.05, 3.63) is 0 Å². The Bertz CT molecular complexity index is 317. The minimum Gasteiger partial charge on any atom is -0.344 e. The van der Waals surface area contributed by atoms with Crippen molar-refractivity contribution in [2.45, 2.75) is 19.9 Å². The third-order valence-corrected chi connectivity index (χ3v) is 4.07. The van der Waals surface area contributed by atoms with E-state index in [4.69, 9.17) is 0 Å². The summed E-state index contributed by atoms with van der Waals surface area (Å²) in [6, 6.07) is -0.597. The maximum Gasteiger partial charge on any atom is 0.246 e. The van der Waals surface area contributed by atoms with Crippen LogP contribution in [0.15, 0.2) is 0 Å². The zero-order valence-corrected chi connectivity index (χ0v) is 11.5. The van der Waals surface area contributed by atoms with Crippen molar-refractivity contribution < 1.29 is 14.4 Å². The van der Waals surface area contributed by atoms with Crippen molar-refractivity contribution in [3.8, 4) is 0 Å². The Morgan fingerprint density at radius 2 is 2.12 bits per heavy atom. The van der Waals surface area contributed by atoms with E-state index in [-0.39, 0.29) is 16.9 Å². The first-order valence-corrected chi connectivity index (χ1v) is 7.41. The average molecular weight is 276 g/mol. The Morgan fingerprint density at radius 3 is 2.59 bits per heavy atom. The van der Waals surface area contributed by atoms with E-state index < -0.39 is 6.04 Å². The maximum atomic E-state index is 12.1. The molecule has 0 bridgehead atoms. The van der Waals surface area contributed by atoms with Crippen LogP contribution in [0.3, 0.4) is 0 Å². The van der Waals surface area contributed by atoms with Gasteiger partial charge in [-0.25, -0.2) is 0 Å². The lowest BCUT2D eigenvalue weighted by molar-refractivity contribution is -0.134. The highest BCUT2D eigenvalue weighted by molar-refractivity contribution is 8.13. The molecule has 0 radical (unpaired) electrons. The summed E-state index contributed by atoms with van der Waals surface area (Å²) < 4.78 is 0. The van der Waals surface area contributed by atoms with Crippen molar-refractivity contribution in [2.24, 2.45) is 0 Å². The number of amides is 2. The zero-order chi connectivity index (χ0) is 12.8. The van der Waals surface area contributed by atoms with E-state index in [1.165, 1.54) is 13.8 Å². The van der Waals surface area contributed by atoms with Gasteiger partial charge in [0.15, 0.2) is 5.12 Å². The summed E-state index contributed by atoms with van der Waals surface area (Å²) in [5.74, 6) is 1.55. The van der Waals surface area contributed by atoms with Gasteiger partial charge in [-0.15, -0.1) is 11.8 Å². The van der Waals surface area contributed by atoms with Gasteiger partial charge >= 0.3 is 0 Å². The van der Waals surface area contributed by atoms with Gasteiger partial charge < -0.3 is 10.2 Å². The number of hydrogen-bond donors (Lipinski definition) is 1. The van der Waals surface area contributed by atoms with Crippen molar-refractivity contribution in [1.29, 1.82) is 0 Å². The predicted octanol–water partition coefficient (Wildman–Crippen LogP) is 0.304. The number of rotatable bonds is 4. The van der Waals surface area contributed by atoms with Gasteiger partial charge in [-0.05, 0) is 0 Å². The lowest BCUT2D eigenvalue weighted by atomic mass is 10.3. The van der Waals surface area contributed by atoms with Crippen molar-refractivity contribution >= 4 is 40.5 Å². The minimum atomic E-state index is -0.597. The number of nitrogens with one attached hydrogen (secondary N) is 1. The van der Waals surface area contributed by atoms with E-state index in [1.807, 2.05) is 0 Å². The Kier molecular flexibility index (Phi) is 5.84. The molecule has 1 aliphatic rings. The molecule has 0 saturated carbocycles. The predicted molar refractivity (Wildman–Crippen MR) is 69.8 cm³/mol. The summed E-state index contributed by atoms with van der Waals surface area (Å²) in [4.78, 5) is 35.7. The smallest absolute Gasteiger partial charge is 0.246 e. The fourth-order valence-electron chi connectivity index (χ4n) is 1.43. The van der Waals surface area contributed by atoms with E-state index >= 15 is 0 Å². The zero-order valence-electron chi connectivity index (χ0n) is 9.89. The van der Waals surface area contributed by atoms with E-state index in [0.717, 1.165) is 17.5 Å². The number of thioether (sulfide) groups is 2. The molecule has 0 unspecified atom stereocenters. The molecule has 0 aliphatic carbocycles. The Balaban J connectivity index is 2.56. The molecule has 0 spiro atoms. The fourth-order valence-corrected chi connectivity index (χ4v) is 3.01. The Labute approximate surface area is 109 Å². The van der Waals surface area contributed by atoms with Gasteiger partial charge in [0.05, 0.1) is 5.88 Å². The van der Waals surface area contributed by atoms with Crippen LogP contribution >= 0.6 is 23.5 Å². The van der Waals surface area contributed by atoms with Crippen molar-refractivity contribution in [1.82, 2.24) is 10.2 Å². The normalized spacial score (nSPS) is 16.7. The average Bonchev–Trinajstić information content (AvgIpc) is 2.75. The van der Waals surface area contributed by atoms with Gasteiger partial charge in [0, 0.05) is 31.9 Å². The molecular formula is C10H16N2O3S2. The Hall–Kier alpha value is -0.690. The second-order valence-electron chi connectivity index (χ2n) is 3.69. The monoisotopic (exact) mass is 276 g/mol. The van der Waals surface area contributed by atoms with Gasteiger partial charge in [-0.3, -0.25) is 14.4 Å². The Morgan fingerprint density at radius 1 is 1.41 bits per heavy atom. The molecule has 0 aromatic heterocycles. The number of carbonyl (C=O) groups excluding carboxylic acids is 3. The minimum absolute atomic E-state index is 0.0519. The standard InChI is InChI=1S/C10H16N2O3S2/c1-7(13)11-9(5-17-8(2)14)10(15)12-3-4-16-6-12/h9H,3-6H2,1-2H3,(H,11,13)/t9-/m0/s1. The van der Waals surface area contributed by atoms with Crippen LogP contribution < -0.4 is 5.32 Å². The third-order valence-electron chi connectivity index (χ3n) is 2.19. The van der Waals surface area contributed by atoms with Crippen LogP contribution in [0.1, 0.15) is 13.8 Å². The molecule has 17 heavy (non-hydrogen) atoms. The summed E-state index contributed by atoms with van der Waals surface area (Å²) in [7, 11) is 0. The molecule has 1 fully saturated rings. The first kappa shape index (κ1) is 14.4. The van der Waals surface area contributed by atoms with Gasteiger partial charge in [0.25, 0.3) is 0 Å². The second kappa shape index (κ2) is 6.90. The molecular weight excluding hydrogens is 260 g/mol. The number of hydrogen-bond acceptors (Lipinski definition) is 5. The maximum absolute atomic E-state index is 12.1. The van der Waals surface area contributed by atoms with Gasteiger partial charge in [-0.2, -0.15) is 0 Å². The largest absolute Gasteiger partial charge is 0.344 e. The molecule has 1 saturated heterocycles. The summed E-state index contributed by atoms with van der Waals surface area (Å²) in [5, 5.41) is 2.55. The van der Waals surface area contributed by atoms with Gasteiger partial charge in [0.1, 0.15) is 6.04 Å².